The van der Waals surface area contributed by atoms with Gasteiger partial charge in [-0.3, -0.25) is 0 Å². The number of nitrogens with zero attached hydrogens (tertiary/aromatic N) is 1. The van der Waals surface area contributed by atoms with Gasteiger partial charge in [0, 0.05) is 9.50 Å². The van der Waals surface area contributed by atoms with Gasteiger partial charge >= 0.3 is 0 Å². The highest BCUT2D eigenvalue weighted by Crippen LogP contribution is 2.36. The third-order valence-electron chi connectivity index (χ3n) is 4.35. The van der Waals surface area contributed by atoms with Crippen molar-refractivity contribution < 1.29 is 9.47 Å². The second-order valence-electron chi connectivity index (χ2n) is 6.48. The molecule has 0 unspecified atom stereocenters. The molecule has 0 aliphatic rings. The smallest absolute Gasteiger partial charge is 0.162 e. The van der Waals surface area contributed by atoms with E-state index in [1.54, 1.807) is 25.3 Å². The van der Waals surface area contributed by atoms with Gasteiger partial charge in [0.1, 0.15) is 6.61 Å². The molecule has 0 bridgehead atoms. The number of allylic oxidation sites excluding steroid dienone is 1. The molecule has 3 aromatic rings. The highest BCUT2D eigenvalue weighted by Gasteiger charge is 2.11. The molecule has 0 heterocycles. The van der Waals surface area contributed by atoms with E-state index in [4.69, 9.17) is 21.1 Å². The van der Waals surface area contributed by atoms with Crippen LogP contribution in [0.5, 0.6) is 11.5 Å². The molecule has 0 N–H and O–H groups in total. The Balaban J connectivity index is 1.89. The van der Waals surface area contributed by atoms with Gasteiger partial charge in [-0.15, -0.1) is 0 Å². The molecule has 3 nitrogen and oxygen atoms in total. The van der Waals surface area contributed by atoms with Crippen molar-refractivity contribution in [2.24, 2.45) is 0 Å². The molecular weight excluding hydrogens is 450 g/mol. The summed E-state index contributed by atoms with van der Waals surface area (Å²) in [6.45, 7) is 2.49. The van der Waals surface area contributed by atoms with Crippen molar-refractivity contribution in [2.75, 3.05) is 7.11 Å². The van der Waals surface area contributed by atoms with E-state index in [1.807, 2.05) is 36.4 Å². The molecule has 0 spiro atoms. The summed E-state index contributed by atoms with van der Waals surface area (Å²) in [5.41, 5.74) is 4.35. The van der Waals surface area contributed by atoms with Crippen LogP contribution in [0.4, 0.5) is 0 Å². The number of halogens is 2. The average Bonchev–Trinajstić information content (AvgIpc) is 2.72. The average molecular weight is 469 g/mol. The number of rotatable bonds is 6. The van der Waals surface area contributed by atoms with Crippen LogP contribution in [0.2, 0.25) is 5.02 Å². The summed E-state index contributed by atoms with van der Waals surface area (Å²) < 4.78 is 12.3. The normalized spacial score (nSPS) is 11.1. The van der Waals surface area contributed by atoms with E-state index in [0.717, 1.165) is 21.2 Å². The maximum Gasteiger partial charge on any atom is 0.162 e. The molecule has 0 radical (unpaired) electrons. The minimum atomic E-state index is 0.435. The molecule has 0 amide bonds. The molecule has 3 aromatic carbocycles. The topological polar surface area (TPSA) is 42.2 Å². The van der Waals surface area contributed by atoms with Gasteiger partial charge in [-0.05, 0) is 54.0 Å². The SMILES string of the molecule is COc1cc(C=C(C#N)c2cccc(Cl)c2)c(Br)cc1OCc1ccc(C)cc1. The van der Waals surface area contributed by atoms with E-state index in [9.17, 15) is 5.26 Å². The van der Waals surface area contributed by atoms with Crippen LogP contribution >= 0.6 is 27.5 Å². The van der Waals surface area contributed by atoms with Gasteiger partial charge in [-0.1, -0.05) is 69.5 Å². The lowest BCUT2D eigenvalue weighted by Crippen LogP contribution is -1.98. The van der Waals surface area contributed by atoms with Crippen molar-refractivity contribution in [3.63, 3.8) is 0 Å². The minimum absolute atomic E-state index is 0.435. The van der Waals surface area contributed by atoms with Gasteiger partial charge in [0.15, 0.2) is 11.5 Å². The molecule has 0 atom stereocenters. The van der Waals surface area contributed by atoms with Crippen molar-refractivity contribution in [1.82, 2.24) is 0 Å². The van der Waals surface area contributed by atoms with Gasteiger partial charge in [0.2, 0.25) is 0 Å². The van der Waals surface area contributed by atoms with Crippen molar-refractivity contribution in [3.8, 4) is 17.6 Å². The van der Waals surface area contributed by atoms with Crippen LogP contribution in [0, 0.1) is 18.3 Å². The first-order valence-corrected chi connectivity index (χ1v) is 10.1. The number of methoxy groups -OCH3 is 1. The molecule has 0 aliphatic carbocycles. The molecule has 3 rings (SSSR count). The van der Waals surface area contributed by atoms with Crippen LogP contribution in [0.3, 0.4) is 0 Å². The Morgan fingerprint density at radius 1 is 1.10 bits per heavy atom. The molecular formula is C24H19BrClNO2. The summed E-state index contributed by atoms with van der Waals surface area (Å²) in [5, 5.41) is 10.2. The highest BCUT2D eigenvalue weighted by atomic mass is 79.9. The number of nitriles is 1. The summed E-state index contributed by atoms with van der Waals surface area (Å²) in [4.78, 5) is 0. The first-order chi connectivity index (χ1) is 14.0. The Hall–Kier alpha value is -2.74. The van der Waals surface area contributed by atoms with Gasteiger partial charge in [0.05, 0.1) is 18.8 Å². The van der Waals surface area contributed by atoms with Crippen molar-refractivity contribution in [2.45, 2.75) is 13.5 Å². The maximum atomic E-state index is 9.60. The van der Waals surface area contributed by atoms with Crippen LogP contribution in [0.25, 0.3) is 11.6 Å². The minimum Gasteiger partial charge on any atom is -0.493 e. The Labute approximate surface area is 184 Å². The highest BCUT2D eigenvalue weighted by molar-refractivity contribution is 9.10. The van der Waals surface area contributed by atoms with Gasteiger partial charge in [-0.2, -0.15) is 5.26 Å². The van der Waals surface area contributed by atoms with E-state index in [2.05, 4.69) is 41.1 Å². The second kappa shape index (κ2) is 9.65. The summed E-state index contributed by atoms with van der Waals surface area (Å²) >= 11 is 9.64. The third-order valence-corrected chi connectivity index (χ3v) is 5.28. The van der Waals surface area contributed by atoms with Crippen molar-refractivity contribution >= 4 is 39.2 Å². The lowest BCUT2D eigenvalue weighted by atomic mass is 10.0. The van der Waals surface area contributed by atoms with E-state index in [0.29, 0.717) is 28.7 Å². The molecule has 0 saturated heterocycles. The summed E-state index contributed by atoms with van der Waals surface area (Å²) in [5.74, 6) is 1.22. The number of aryl methyl sites for hydroxylation is 1. The zero-order chi connectivity index (χ0) is 20.8. The summed E-state index contributed by atoms with van der Waals surface area (Å²) in [6.07, 6.45) is 1.79. The number of ether oxygens (including phenoxy) is 2. The quantitative estimate of drug-likeness (QED) is 0.287. The Morgan fingerprint density at radius 2 is 1.86 bits per heavy atom. The van der Waals surface area contributed by atoms with E-state index < -0.39 is 0 Å². The fourth-order valence-electron chi connectivity index (χ4n) is 2.77. The third kappa shape index (κ3) is 5.41. The second-order valence-corrected chi connectivity index (χ2v) is 7.77. The van der Waals surface area contributed by atoms with E-state index in [1.165, 1.54) is 5.56 Å². The lowest BCUT2D eigenvalue weighted by molar-refractivity contribution is 0.284. The Kier molecular flexibility index (Phi) is 6.98. The van der Waals surface area contributed by atoms with Crippen LogP contribution in [0.15, 0.2) is 65.1 Å². The Morgan fingerprint density at radius 3 is 2.52 bits per heavy atom. The molecule has 0 fully saturated rings. The molecule has 29 heavy (non-hydrogen) atoms. The Bertz CT molecular complexity index is 1090. The predicted octanol–water partition coefficient (Wildman–Crippen LogP) is 7.06. The van der Waals surface area contributed by atoms with Crippen LogP contribution < -0.4 is 9.47 Å². The summed E-state index contributed by atoms with van der Waals surface area (Å²) in [7, 11) is 1.59. The largest absolute Gasteiger partial charge is 0.493 e. The van der Waals surface area contributed by atoms with Gasteiger partial charge in [-0.25, -0.2) is 0 Å². The standard InChI is InChI=1S/C24H19BrClNO2/c1-16-6-8-17(9-7-16)15-29-24-13-22(25)19(12-23(24)28-2)10-20(14-27)18-4-3-5-21(26)11-18/h3-13H,15H2,1-2H3. The zero-order valence-corrected chi connectivity index (χ0v) is 18.4. The number of hydrogen-bond donors (Lipinski definition) is 0. The van der Waals surface area contributed by atoms with Gasteiger partial charge in [0.25, 0.3) is 0 Å². The first kappa shape index (κ1) is 21.0. The van der Waals surface area contributed by atoms with Crippen LogP contribution in [-0.4, -0.2) is 7.11 Å². The fourth-order valence-corrected chi connectivity index (χ4v) is 3.40. The predicted molar refractivity (Wildman–Crippen MR) is 121 cm³/mol. The molecule has 0 aliphatic heterocycles. The van der Waals surface area contributed by atoms with Crippen molar-refractivity contribution in [1.29, 1.82) is 5.26 Å². The fraction of sp³-hybridized carbons (Fsp3) is 0.125. The van der Waals surface area contributed by atoms with Crippen LogP contribution in [-0.2, 0) is 6.61 Å². The number of hydrogen-bond acceptors (Lipinski definition) is 3. The zero-order valence-electron chi connectivity index (χ0n) is 16.1. The molecule has 0 saturated carbocycles. The van der Waals surface area contributed by atoms with Crippen LogP contribution in [0.1, 0.15) is 22.3 Å². The monoisotopic (exact) mass is 467 g/mol. The maximum absolute atomic E-state index is 9.60. The molecule has 146 valence electrons. The van der Waals surface area contributed by atoms with E-state index in [-0.39, 0.29) is 0 Å². The number of benzene rings is 3. The van der Waals surface area contributed by atoms with Gasteiger partial charge < -0.3 is 9.47 Å². The van der Waals surface area contributed by atoms with Crippen molar-refractivity contribution in [3.05, 3.63) is 92.4 Å². The summed E-state index contributed by atoms with van der Waals surface area (Å²) in [6, 6.07) is 21.3. The first-order valence-electron chi connectivity index (χ1n) is 8.94. The van der Waals surface area contributed by atoms with E-state index >= 15 is 0 Å². The molecule has 5 heteroatoms. The molecule has 0 aromatic heterocycles. The lowest BCUT2D eigenvalue weighted by Gasteiger charge is -2.13.